The summed E-state index contributed by atoms with van der Waals surface area (Å²) in [5.41, 5.74) is -0.153. The lowest BCUT2D eigenvalue weighted by atomic mass is 10.2. The van der Waals surface area contributed by atoms with Crippen molar-refractivity contribution in [1.29, 1.82) is 0 Å². The van der Waals surface area contributed by atoms with Gasteiger partial charge in [-0.05, 0) is 45.0 Å². The first-order chi connectivity index (χ1) is 11.7. The molecule has 0 aromatic heterocycles. The van der Waals surface area contributed by atoms with E-state index in [1.165, 1.54) is 5.01 Å². The third kappa shape index (κ3) is 5.27. The van der Waals surface area contributed by atoms with E-state index in [2.05, 4.69) is 0 Å². The van der Waals surface area contributed by atoms with Gasteiger partial charge in [0.15, 0.2) is 13.3 Å². The van der Waals surface area contributed by atoms with E-state index in [0.717, 1.165) is 5.01 Å². The van der Waals surface area contributed by atoms with Crippen molar-refractivity contribution in [2.24, 2.45) is 0 Å². The highest BCUT2D eigenvalue weighted by Gasteiger charge is 2.33. The van der Waals surface area contributed by atoms with Crippen LogP contribution >= 0.6 is 0 Å². The Bertz CT molecular complexity index is 651. The topological polar surface area (TPSA) is 106 Å². The second-order valence-corrected chi connectivity index (χ2v) is 6.26. The predicted octanol–water partition coefficient (Wildman–Crippen LogP) is 1.62. The molecule has 1 aliphatic rings. The summed E-state index contributed by atoms with van der Waals surface area (Å²) >= 11 is 0. The van der Waals surface area contributed by atoms with Crippen molar-refractivity contribution in [2.45, 2.75) is 26.4 Å². The molecule has 9 nitrogen and oxygen atoms in total. The maximum absolute atomic E-state index is 12.4. The van der Waals surface area contributed by atoms with Gasteiger partial charge in [-0.2, -0.15) is 0 Å². The zero-order valence-electron chi connectivity index (χ0n) is 14.2. The number of ether oxygens (including phenoxy) is 3. The fourth-order valence-electron chi connectivity index (χ4n) is 2.01. The Morgan fingerprint density at radius 2 is 1.88 bits per heavy atom. The van der Waals surface area contributed by atoms with Gasteiger partial charge in [0.2, 0.25) is 0 Å². The number of nitrogens with zero attached hydrogens (tertiary/aromatic N) is 2. The van der Waals surface area contributed by atoms with Gasteiger partial charge >= 0.3 is 18.0 Å². The zero-order valence-corrected chi connectivity index (χ0v) is 14.2. The van der Waals surface area contributed by atoms with Crippen molar-refractivity contribution < 1.29 is 33.7 Å². The van der Waals surface area contributed by atoms with Crippen molar-refractivity contribution in [3.05, 3.63) is 24.3 Å². The molecule has 1 aromatic rings. The van der Waals surface area contributed by atoms with Crippen molar-refractivity contribution in [2.75, 3.05) is 24.9 Å². The minimum atomic E-state index is -1.08. The molecule has 0 saturated carbocycles. The lowest BCUT2D eigenvalue weighted by Gasteiger charge is -2.39. The van der Waals surface area contributed by atoms with Crippen molar-refractivity contribution in [3.63, 3.8) is 0 Å². The molecule has 25 heavy (non-hydrogen) atoms. The fourth-order valence-corrected chi connectivity index (χ4v) is 2.01. The summed E-state index contributed by atoms with van der Waals surface area (Å²) in [5, 5.41) is 11.2. The fraction of sp³-hybridized carbons (Fsp3) is 0.438. The lowest BCUT2D eigenvalue weighted by Crippen LogP contribution is -2.56. The van der Waals surface area contributed by atoms with Gasteiger partial charge in [0.25, 0.3) is 0 Å². The molecular formula is C16H20N2O7. The Balaban J connectivity index is 2.15. The molecule has 1 aliphatic heterocycles. The minimum absolute atomic E-state index is 0.145. The van der Waals surface area contributed by atoms with Crippen molar-refractivity contribution >= 4 is 23.7 Å². The second kappa shape index (κ2) is 7.29. The largest absolute Gasteiger partial charge is 0.482 e. The van der Waals surface area contributed by atoms with Gasteiger partial charge in [-0.3, -0.25) is 0 Å². The molecule has 1 fully saturated rings. The first-order valence-electron chi connectivity index (χ1n) is 7.54. The first kappa shape index (κ1) is 18.4. The summed E-state index contributed by atoms with van der Waals surface area (Å²) in [7, 11) is 0. The third-order valence-corrected chi connectivity index (χ3v) is 3.02. The molecule has 1 aromatic carbocycles. The van der Waals surface area contributed by atoms with Gasteiger partial charge in [0.1, 0.15) is 17.9 Å². The predicted molar refractivity (Wildman–Crippen MR) is 86.0 cm³/mol. The lowest BCUT2D eigenvalue weighted by molar-refractivity contribution is -0.151. The average Bonchev–Trinajstić information content (AvgIpc) is 2.52. The van der Waals surface area contributed by atoms with Crippen LogP contribution < -0.4 is 9.75 Å². The molecule has 0 unspecified atom stereocenters. The number of carboxylic acids is 1. The van der Waals surface area contributed by atoms with Crippen molar-refractivity contribution in [1.82, 2.24) is 5.01 Å². The van der Waals surface area contributed by atoms with Gasteiger partial charge in [0.05, 0.1) is 5.69 Å². The van der Waals surface area contributed by atoms with Crippen LogP contribution in [0.4, 0.5) is 10.5 Å². The number of carbonyl (C=O) groups excluding carboxylic acids is 2. The van der Waals surface area contributed by atoms with E-state index < -0.39 is 30.2 Å². The van der Waals surface area contributed by atoms with E-state index in [4.69, 9.17) is 19.3 Å². The number of amides is 1. The molecule has 9 heteroatoms. The van der Waals surface area contributed by atoms with E-state index in [1.54, 1.807) is 45.0 Å². The number of hydrazine groups is 1. The molecule has 0 spiro atoms. The van der Waals surface area contributed by atoms with Gasteiger partial charge in [-0.25, -0.2) is 24.4 Å². The highest BCUT2D eigenvalue weighted by Crippen LogP contribution is 2.24. The van der Waals surface area contributed by atoms with Gasteiger partial charge in [-0.1, -0.05) is 0 Å². The Hall–Kier alpha value is -2.97. The number of benzene rings is 1. The van der Waals surface area contributed by atoms with Gasteiger partial charge in [-0.15, -0.1) is 0 Å². The molecule has 1 heterocycles. The molecule has 136 valence electrons. The van der Waals surface area contributed by atoms with Crippen LogP contribution in [0.5, 0.6) is 5.75 Å². The zero-order chi connectivity index (χ0) is 18.6. The molecule has 1 N–H and O–H groups in total. The Labute approximate surface area is 144 Å². The molecule has 0 aliphatic carbocycles. The van der Waals surface area contributed by atoms with Crippen LogP contribution in [0.1, 0.15) is 20.8 Å². The summed E-state index contributed by atoms with van der Waals surface area (Å²) in [6.45, 7) is 4.31. The average molecular weight is 352 g/mol. The van der Waals surface area contributed by atoms with E-state index in [0.29, 0.717) is 11.4 Å². The van der Waals surface area contributed by atoms with Crippen LogP contribution in [0, 0.1) is 0 Å². The second-order valence-electron chi connectivity index (χ2n) is 6.26. The summed E-state index contributed by atoms with van der Waals surface area (Å²) in [6.07, 6.45) is -0.671. The normalized spacial score (nSPS) is 14.8. The number of carbonyl (C=O) groups is 3. The molecule has 1 saturated heterocycles. The quantitative estimate of drug-likeness (QED) is 0.815. The summed E-state index contributed by atoms with van der Waals surface area (Å²) < 4.78 is 15.4. The van der Waals surface area contributed by atoms with E-state index in [-0.39, 0.29) is 13.3 Å². The number of hydrogen-bond donors (Lipinski definition) is 1. The molecular weight excluding hydrogens is 332 g/mol. The van der Waals surface area contributed by atoms with Crippen LogP contribution in [0.15, 0.2) is 24.3 Å². The molecule has 2 rings (SSSR count). The number of rotatable bonds is 4. The maximum Gasteiger partial charge on any atom is 0.429 e. The highest BCUT2D eigenvalue weighted by molar-refractivity contribution is 5.81. The van der Waals surface area contributed by atoms with E-state index >= 15 is 0 Å². The van der Waals surface area contributed by atoms with Gasteiger partial charge < -0.3 is 19.3 Å². The monoisotopic (exact) mass is 352 g/mol. The summed E-state index contributed by atoms with van der Waals surface area (Å²) in [4.78, 5) is 34.4. The third-order valence-electron chi connectivity index (χ3n) is 3.02. The van der Waals surface area contributed by atoms with E-state index in [1.807, 2.05) is 0 Å². The van der Waals surface area contributed by atoms with Crippen LogP contribution in [0.25, 0.3) is 0 Å². The standard InChI is InChI=1S/C16H20N2O7/c1-16(2,3)25-15(22)17-8-14(21)24-10-18(17)11-4-6-12(7-5-11)23-9-13(19)20/h4-7H,8-10H2,1-3H3,(H,19,20). The number of cyclic esters (lactones) is 1. The van der Waals surface area contributed by atoms with E-state index in [9.17, 15) is 14.4 Å². The molecule has 0 atom stereocenters. The Morgan fingerprint density at radius 1 is 1.24 bits per heavy atom. The smallest absolute Gasteiger partial charge is 0.429 e. The number of anilines is 1. The SMILES string of the molecule is CC(C)(C)OC(=O)N1CC(=O)OCN1c1ccc(OCC(=O)O)cc1. The number of hydrogen-bond acceptors (Lipinski definition) is 7. The summed E-state index contributed by atoms with van der Waals surface area (Å²) in [5.74, 6) is -1.25. The van der Waals surface area contributed by atoms with Crippen LogP contribution in [-0.2, 0) is 19.1 Å². The highest BCUT2D eigenvalue weighted by atomic mass is 16.6. The molecule has 1 amide bonds. The maximum atomic E-state index is 12.4. The Morgan fingerprint density at radius 3 is 2.44 bits per heavy atom. The van der Waals surface area contributed by atoms with Crippen LogP contribution in [-0.4, -0.2) is 53.6 Å². The number of aliphatic carboxylic acids is 1. The van der Waals surface area contributed by atoms with Crippen LogP contribution in [0.3, 0.4) is 0 Å². The van der Waals surface area contributed by atoms with Crippen molar-refractivity contribution in [3.8, 4) is 5.75 Å². The number of carboxylic acid groups (broad SMARTS) is 1. The number of esters is 1. The molecule has 0 bridgehead atoms. The molecule has 0 radical (unpaired) electrons. The summed E-state index contributed by atoms with van der Waals surface area (Å²) in [6, 6.07) is 6.35. The minimum Gasteiger partial charge on any atom is -0.482 e. The first-order valence-corrected chi connectivity index (χ1v) is 7.54. The van der Waals surface area contributed by atoms with Gasteiger partial charge in [0, 0.05) is 0 Å². The van der Waals surface area contributed by atoms with Crippen LogP contribution in [0.2, 0.25) is 0 Å². The Kier molecular flexibility index (Phi) is 5.35.